The van der Waals surface area contributed by atoms with Crippen LogP contribution in [0.25, 0.3) is 0 Å². The number of cyclic esters (lactones) is 1. The molecule has 2 spiro atoms. The van der Waals surface area contributed by atoms with Crippen LogP contribution in [0.2, 0.25) is 0 Å². The van der Waals surface area contributed by atoms with Crippen LogP contribution in [0.15, 0.2) is 23.3 Å². The Labute approximate surface area is 210 Å². The van der Waals surface area contributed by atoms with E-state index in [1.165, 1.54) is 0 Å². The van der Waals surface area contributed by atoms with Crippen molar-refractivity contribution in [1.29, 1.82) is 0 Å². The molecule has 3 saturated carbocycles. The summed E-state index contributed by atoms with van der Waals surface area (Å²) in [6, 6.07) is 0. The zero-order valence-electron chi connectivity index (χ0n) is 21.5. The molecule has 0 amide bonds. The fourth-order valence-electron chi connectivity index (χ4n) is 9.84. The second-order valence-electron chi connectivity index (χ2n) is 13.2. The van der Waals surface area contributed by atoms with Crippen molar-refractivity contribution in [3.8, 4) is 0 Å². The van der Waals surface area contributed by atoms with Gasteiger partial charge in [-0.3, -0.25) is 4.79 Å². The highest BCUT2D eigenvalue weighted by atomic mass is 16.6. The smallest absolute Gasteiger partial charge is 0.334 e. The monoisotopic (exact) mass is 500 g/mol. The zero-order chi connectivity index (χ0) is 25.8. The van der Waals surface area contributed by atoms with Gasteiger partial charge in [0.1, 0.15) is 34.6 Å². The van der Waals surface area contributed by atoms with E-state index >= 15 is 0 Å². The largest absolute Gasteiger partial charge is 0.455 e. The molecule has 0 aromatic carbocycles. The third kappa shape index (κ3) is 2.14. The number of hydrogen-bond donors (Lipinski definition) is 3. The van der Waals surface area contributed by atoms with Gasteiger partial charge in [0.05, 0.1) is 17.6 Å². The Balaban J connectivity index is 1.28. The summed E-state index contributed by atoms with van der Waals surface area (Å²) < 4.78 is 18.2. The van der Waals surface area contributed by atoms with Crippen LogP contribution >= 0.6 is 0 Å². The molecule has 3 aliphatic heterocycles. The summed E-state index contributed by atoms with van der Waals surface area (Å²) >= 11 is 0. The maximum Gasteiger partial charge on any atom is 0.334 e. The highest BCUT2D eigenvalue weighted by molar-refractivity contribution is 5.98. The lowest BCUT2D eigenvalue weighted by Gasteiger charge is -2.62. The number of aliphatic hydroxyl groups is 3. The lowest BCUT2D eigenvalue weighted by Crippen LogP contribution is -2.73. The van der Waals surface area contributed by atoms with Gasteiger partial charge in [0.25, 0.3) is 0 Å². The second kappa shape index (κ2) is 6.34. The molecule has 0 radical (unpaired) electrons. The maximum atomic E-state index is 13.4. The van der Waals surface area contributed by atoms with E-state index in [9.17, 15) is 24.9 Å². The molecule has 4 aliphatic carbocycles. The van der Waals surface area contributed by atoms with E-state index in [1.54, 1.807) is 26.0 Å². The molecular weight excluding hydrogens is 464 g/mol. The summed E-state index contributed by atoms with van der Waals surface area (Å²) in [5, 5.41) is 35.8. The minimum atomic E-state index is -1.72. The van der Waals surface area contributed by atoms with Crippen LogP contribution < -0.4 is 0 Å². The van der Waals surface area contributed by atoms with Crippen molar-refractivity contribution in [1.82, 2.24) is 0 Å². The molecule has 0 bridgehead atoms. The minimum Gasteiger partial charge on any atom is -0.455 e. The molecular formula is C28H36O8. The van der Waals surface area contributed by atoms with Crippen LogP contribution in [0.4, 0.5) is 0 Å². The molecule has 7 aliphatic rings. The summed E-state index contributed by atoms with van der Waals surface area (Å²) in [5.41, 5.74) is -5.30. The Kier molecular flexibility index (Phi) is 4.15. The highest BCUT2D eigenvalue weighted by Gasteiger charge is 2.90. The van der Waals surface area contributed by atoms with Crippen LogP contribution in [-0.2, 0) is 23.8 Å². The Morgan fingerprint density at radius 3 is 2.53 bits per heavy atom. The van der Waals surface area contributed by atoms with Gasteiger partial charge in [-0.05, 0) is 70.9 Å². The van der Waals surface area contributed by atoms with Gasteiger partial charge in [0, 0.05) is 23.8 Å². The van der Waals surface area contributed by atoms with E-state index in [2.05, 4.69) is 0 Å². The summed E-state index contributed by atoms with van der Waals surface area (Å²) in [6.07, 6.45) is 3.26. The van der Waals surface area contributed by atoms with Gasteiger partial charge < -0.3 is 29.5 Å². The normalized spacial score (nSPS) is 58.1. The van der Waals surface area contributed by atoms with Gasteiger partial charge in [-0.1, -0.05) is 12.5 Å². The van der Waals surface area contributed by atoms with Gasteiger partial charge >= 0.3 is 5.97 Å². The first-order chi connectivity index (χ1) is 16.7. The fraction of sp³-hybridized carbons (Fsp3) is 0.786. The Morgan fingerprint density at radius 2 is 1.83 bits per heavy atom. The number of ether oxygens (including phenoxy) is 3. The van der Waals surface area contributed by atoms with Gasteiger partial charge in [-0.2, -0.15) is 0 Å². The average molecular weight is 501 g/mol. The van der Waals surface area contributed by atoms with Crippen molar-refractivity contribution < 1.29 is 39.1 Å². The first kappa shape index (κ1) is 23.5. The zero-order valence-corrected chi connectivity index (χ0v) is 21.5. The summed E-state index contributed by atoms with van der Waals surface area (Å²) in [4.78, 5) is 25.9. The molecule has 7 rings (SSSR count). The number of hydrogen-bond acceptors (Lipinski definition) is 8. The first-order valence-electron chi connectivity index (χ1n) is 13.3. The molecule has 8 nitrogen and oxygen atoms in total. The second-order valence-corrected chi connectivity index (χ2v) is 13.2. The number of ketones is 1. The standard InChI is InChI=1S/C28H36O8/c1-13-10-20(34-22(31)14(13)2)25(5,32)26(33)12-21-27(36-21)16-11-18(30)28-19(35-28)7-6-17(29)24(28,4)15(16)8-9-23(26,27)3/h6-7,15-16,18-21,30,32-33H,8-12H2,1-5H3. The molecule has 12 unspecified atom stereocenters. The van der Waals surface area contributed by atoms with E-state index < -0.39 is 51.4 Å². The fourth-order valence-corrected chi connectivity index (χ4v) is 9.84. The van der Waals surface area contributed by atoms with Crippen LogP contribution in [0.5, 0.6) is 0 Å². The first-order valence-corrected chi connectivity index (χ1v) is 13.3. The molecule has 196 valence electrons. The number of carbonyl (C=O) groups is 2. The maximum absolute atomic E-state index is 13.4. The van der Waals surface area contributed by atoms with E-state index in [0.29, 0.717) is 31.3 Å². The summed E-state index contributed by atoms with van der Waals surface area (Å²) in [5.74, 6) is -0.731. The van der Waals surface area contributed by atoms with Crippen molar-refractivity contribution in [2.45, 2.75) is 114 Å². The van der Waals surface area contributed by atoms with E-state index in [0.717, 1.165) is 5.57 Å². The van der Waals surface area contributed by atoms with Crippen molar-refractivity contribution >= 4 is 11.8 Å². The van der Waals surface area contributed by atoms with E-state index in [4.69, 9.17) is 14.2 Å². The van der Waals surface area contributed by atoms with Crippen molar-refractivity contribution in [2.75, 3.05) is 0 Å². The third-order valence-electron chi connectivity index (χ3n) is 12.3. The topological polar surface area (TPSA) is 129 Å². The van der Waals surface area contributed by atoms with E-state index in [1.807, 2.05) is 20.8 Å². The lowest BCUT2D eigenvalue weighted by molar-refractivity contribution is -0.276. The minimum absolute atomic E-state index is 0.0193. The third-order valence-corrected chi connectivity index (χ3v) is 12.3. The molecule has 8 heteroatoms. The molecule has 0 aromatic heterocycles. The van der Waals surface area contributed by atoms with E-state index in [-0.39, 0.29) is 36.2 Å². The van der Waals surface area contributed by atoms with Crippen molar-refractivity contribution in [3.05, 3.63) is 23.3 Å². The van der Waals surface area contributed by atoms with Crippen molar-refractivity contribution in [3.63, 3.8) is 0 Å². The van der Waals surface area contributed by atoms with Gasteiger partial charge in [-0.25, -0.2) is 4.79 Å². The van der Waals surface area contributed by atoms with Crippen molar-refractivity contribution in [2.24, 2.45) is 22.7 Å². The lowest BCUT2D eigenvalue weighted by atomic mass is 9.42. The Hall–Kier alpha value is -1.58. The number of epoxide rings is 2. The quantitative estimate of drug-likeness (QED) is 0.386. The van der Waals surface area contributed by atoms with Gasteiger partial charge in [-0.15, -0.1) is 0 Å². The molecule has 12 atom stereocenters. The Bertz CT molecular complexity index is 1170. The molecule has 0 aromatic rings. The summed E-state index contributed by atoms with van der Waals surface area (Å²) in [7, 11) is 0. The predicted molar refractivity (Wildman–Crippen MR) is 125 cm³/mol. The number of allylic oxidation sites excluding steroid dienone is 1. The van der Waals surface area contributed by atoms with Crippen LogP contribution in [0, 0.1) is 22.7 Å². The van der Waals surface area contributed by atoms with Crippen LogP contribution in [0.1, 0.15) is 66.7 Å². The van der Waals surface area contributed by atoms with Gasteiger partial charge in [0.15, 0.2) is 5.78 Å². The molecule has 3 heterocycles. The number of rotatable bonds is 2. The SMILES string of the molecule is CC1=C(C)C(=O)OC(C(C)(O)C2(O)CC3OC34C3CC(O)C56OC5C=CC(=O)C6(C)C3CCC42C)C1. The van der Waals surface area contributed by atoms with Crippen LogP contribution in [0.3, 0.4) is 0 Å². The number of aliphatic hydroxyl groups excluding tert-OH is 1. The van der Waals surface area contributed by atoms with Gasteiger partial charge in [0.2, 0.25) is 0 Å². The highest BCUT2D eigenvalue weighted by Crippen LogP contribution is 2.80. The summed E-state index contributed by atoms with van der Waals surface area (Å²) in [6.45, 7) is 9.06. The number of esters is 1. The predicted octanol–water partition coefficient (Wildman–Crippen LogP) is 1.74. The number of carbonyl (C=O) groups excluding carboxylic acids is 2. The number of fused-ring (bicyclic) bond motifs is 2. The Morgan fingerprint density at radius 1 is 1.11 bits per heavy atom. The average Bonchev–Trinajstić information content (AvgIpc) is 3.71. The molecule has 2 saturated heterocycles. The van der Waals surface area contributed by atoms with Crippen LogP contribution in [-0.4, -0.2) is 73.9 Å². The molecule has 3 N–H and O–H groups in total. The molecule has 36 heavy (non-hydrogen) atoms. The molecule has 5 fully saturated rings.